The van der Waals surface area contributed by atoms with E-state index in [2.05, 4.69) is 32.2 Å². The molecule has 6 heteroatoms. The predicted octanol–water partition coefficient (Wildman–Crippen LogP) is 5.23. The first-order valence-electron chi connectivity index (χ1n) is 7.07. The summed E-state index contributed by atoms with van der Waals surface area (Å²) < 4.78 is 11.2. The highest BCUT2D eigenvalue weighted by atomic mass is 79.9. The molecule has 1 heterocycles. The highest BCUT2D eigenvalue weighted by Crippen LogP contribution is 2.38. The number of rotatable bonds is 5. The summed E-state index contributed by atoms with van der Waals surface area (Å²) in [4.78, 5) is 6.57. The maximum Gasteiger partial charge on any atom is 0.214 e. The standard InChI is InChI=1S/C16H20BrN3OS/c1-6-20(5)9-18-13-7-11(3)14(8-10(13)2)21-16-15(17)12(4)19-22-16/h7-9H,6H2,1-5H3/b18-9-. The third-order valence-corrected chi connectivity index (χ3v) is 5.37. The van der Waals surface area contributed by atoms with E-state index < -0.39 is 0 Å². The van der Waals surface area contributed by atoms with Gasteiger partial charge in [0, 0.05) is 25.1 Å². The SMILES string of the molecule is CCN(C)/C=N\c1cc(C)c(Oc2snc(C)c2Br)cc1C. The zero-order valence-electron chi connectivity index (χ0n) is 13.5. The molecule has 1 aromatic carbocycles. The number of aryl methyl sites for hydroxylation is 3. The van der Waals surface area contributed by atoms with Crippen molar-refractivity contribution in [2.75, 3.05) is 13.6 Å². The van der Waals surface area contributed by atoms with Crippen molar-refractivity contribution < 1.29 is 4.74 Å². The molecule has 4 nitrogen and oxygen atoms in total. The molecular formula is C16H20BrN3OS. The minimum atomic E-state index is 0.780. The van der Waals surface area contributed by atoms with Crippen LogP contribution in [0, 0.1) is 20.8 Å². The molecule has 22 heavy (non-hydrogen) atoms. The number of hydrogen-bond acceptors (Lipinski definition) is 4. The number of benzene rings is 1. The average Bonchev–Trinajstić information content (AvgIpc) is 2.80. The zero-order valence-corrected chi connectivity index (χ0v) is 15.9. The van der Waals surface area contributed by atoms with Crippen LogP contribution in [0.3, 0.4) is 0 Å². The van der Waals surface area contributed by atoms with Crippen LogP contribution in [0.25, 0.3) is 0 Å². The van der Waals surface area contributed by atoms with Gasteiger partial charge in [0.2, 0.25) is 5.06 Å². The van der Waals surface area contributed by atoms with Crippen LogP contribution < -0.4 is 4.74 Å². The first-order chi connectivity index (χ1) is 10.4. The fourth-order valence-electron chi connectivity index (χ4n) is 1.77. The van der Waals surface area contributed by atoms with Crippen molar-refractivity contribution in [3.8, 4) is 10.8 Å². The van der Waals surface area contributed by atoms with Gasteiger partial charge in [-0.25, -0.2) is 4.99 Å². The first-order valence-corrected chi connectivity index (χ1v) is 8.64. The van der Waals surface area contributed by atoms with Crippen LogP contribution in [-0.4, -0.2) is 29.2 Å². The van der Waals surface area contributed by atoms with E-state index in [1.165, 1.54) is 11.5 Å². The summed E-state index contributed by atoms with van der Waals surface area (Å²) in [6.07, 6.45) is 1.85. The van der Waals surface area contributed by atoms with Gasteiger partial charge >= 0.3 is 0 Å². The summed E-state index contributed by atoms with van der Waals surface area (Å²) in [5, 5.41) is 0.780. The van der Waals surface area contributed by atoms with Crippen molar-refractivity contribution in [3.05, 3.63) is 33.4 Å². The van der Waals surface area contributed by atoms with Gasteiger partial charge in [-0.2, -0.15) is 4.37 Å². The van der Waals surface area contributed by atoms with Gasteiger partial charge in [0.25, 0.3) is 0 Å². The summed E-state index contributed by atoms with van der Waals surface area (Å²) in [6, 6.07) is 4.07. The lowest BCUT2D eigenvalue weighted by molar-refractivity contribution is 0.489. The molecule has 0 radical (unpaired) electrons. The van der Waals surface area contributed by atoms with Gasteiger partial charge < -0.3 is 9.64 Å². The largest absolute Gasteiger partial charge is 0.444 e. The molecule has 1 aromatic heterocycles. The maximum atomic E-state index is 5.99. The van der Waals surface area contributed by atoms with Crippen molar-refractivity contribution in [2.24, 2.45) is 4.99 Å². The highest BCUT2D eigenvalue weighted by molar-refractivity contribution is 9.10. The molecule has 0 aliphatic carbocycles. The van der Waals surface area contributed by atoms with Crippen molar-refractivity contribution in [1.82, 2.24) is 9.27 Å². The Balaban J connectivity index is 2.26. The molecule has 0 unspecified atom stereocenters. The van der Waals surface area contributed by atoms with Gasteiger partial charge in [-0.15, -0.1) is 0 Å². The molecule has 0 N–H and O–H groups in total. The van der Waals surface area contributed by atoms with Crippen LogP contribution in [0.15, 0.2) is 21.6 Å². The number of hydrogen-bond donors (Lipinski definition) is 0. The van der Waals surface area contributed by atoms with Crippen LogP contribution >= 0.6 is 27.5 Å². The summed E-state index contributed by atoms with van der Waals surface area (Å²) in [5.41, 5.74) is 4.04. The van der Waals surface area contributed by atoms with E-state index >= 15 is 0 Å². The van der Waals surface area contributed by atoms with E-state index in [1.807, 2.05) is 51.2 Å². The fourth-order valence-corrected chi connectivity index (χ4v) is 2.94. The van der Waals surface area contributed by atoms with Crippen molar-refractivity contribution in [1.29, 1.82) is 0 Å². The number of nitrogens with zero attached hydrogens (tertiary/aromatic N) is 3. The Morgan fingerprint density at radius 3 is 2.64 bits per heavy atom. The minimum Gasteiger partial charge on any atom is -0.444 e. The molecule has 0 atom stereocenters. The third kappa shape index (κ3) is 3.87. The quantitative estimate of drug-likeness (QED) is 0.525. The molecule has 0 saturated heterocycles. The minimum absolute atomic E-state index is 0.780. The first kappa shape index (κ1) is 17.0. The third-order valence-electron chi connectivity index (χ3n) is 3.35. The van der Waals surface area contributed by atoms with Crippen molar-refractivity contribution >= 4 is 39.5 Å². The van der Waals surface area contributed by atoms with Crippen LogP contribution in [0.5, 0.6) is 10.8 Å². The topological polar surface area (TPSA) is 37.7 Å². The van der Waals surface area contributed by atoms with Crippen LogP contribution in [0.2, 0.25) is 0 Å². The van der Waals surface area contributed by atoms with Gasteiger partial charge in [-0.05, 0) is 66.9 Å². The van der Waals surface area contributed by atoms with E-state index in [0.29, 0.717) is 0 Å². The number of aromatic nitrogens is 1. The normalized spacial score (nSPS) is 11.2. The highest BCUT2D eigenvalue weighted by Gasteiger charge is 2.12. The molecule has 0 bridgehead atoms. The fraction of sp³-hybridized carbons (Fsp3) is 0.375. The second-order valence-electron chi connectivity index (χ2n) is 5.19. The molecule has 0 fully saturated rings. The van der Waals surface area contributed by atoms with Gasteiger partial charge in [-0.3, -0.25) is 0 Å². The molecule has 118 valence electrons. The van der Waals surface area contributed by atoms with Gasteiger partial charge in [0.05, 0.1) is 22.2 Å². The van der Waals surface area contributed by atoms with E-state index in [-0.39, 0.29) is 0 Å². The molecule has 0 aliphatic rings. The van der Waals surface area contributed by atoms with Gasteiger partial charge in [0.15, 0.2) is 0 Å². The lowest BCUT2D eigenvalue weighted by atomic mass is 10.1. The van der Waals surface area contributed by atoms with Crippen molar-refractivity contribution in [2.45, 2.75) is 27.7 Å². The van der Waals surface area contributed by atoms with E-state index in [9.17, 15) is 0 Å². The predicted molar refractivity (Wildman–Crippen MR) is 97.0 cm³/mol. The Kier molecular flexibility index (Phi) is 5.58. The molecule has 2 aromatic rings. The van der Waals surface area contributed by atoms with Gasteiger partial charge in [0.1, 0.15) is 5.75 Å². The molecule has 2 rings (SSSR count). The molecular weight excluding hydrogens is 362 g/mol. The smallest absolute Gasteiger partial charge is 0.214 e. The maximum absolute atomic E-state index is 5.99. The van der Waals surface area contributed by atoms with Gasteiger partial charge in [-0.1, -0.05) is 0 Å². The lowest BCUT2D eigenvalue weighted by Gasteiger charge is -2.12. The Bertz CT molecular complexity index is 697. The Hall–Kier alpha value is -1.40. The average molecular weight is 382 g/mol. The summed E-state index contributed by atoms with van der Waals surface area (Å²) in [7, 11) is 2.01. The van der Waals surface area contributed by atoms with Crippen LogP contribution in [-0.2, 0) is 0 Å². The van der Waals surface area contributed by atoms with E-state index in [0.717, 1.165) is 44.3 Å². The molecule has 0 aliphatic heterocycles. The van der Waals surface area contributed by atoms with Crippen LogP contribution in [0.1, 0.15) is 23.7 Å². The second kappa shape index (κ2) is 7.24. The Morgan fingerprint density at radius 2 is 2.05 bits per heavy atom. The zero-order chi connectivity index (χ0) is 16.3. The van der Waals surface area contributed by atoms with Crippen LogP contribution in [0.4, 0.5) is 5.69 Å². The second-order valence-corrected chi connectivity index (χ2v) is 6.72. The molecule has 0 saturated carbocycles. The van der Waals surface area contributed by atoms with E-state index in [1.54, 1.807) is 0 Å². The summed E-state index contributed by atoms with van der Waals surface area (Å²) in [6.45, 7) is 9.04. The number of aliphatic imine (C=N–C) groups is 1. The lowest BCUT2D eigenvalue weighted by Crippen LogP contribution is -2.14. The molecule has 0 amide bonds. The summed E-state index contributed by atoms with van der Waals surface area (Å²) in [5.74, 6) is 0.838. The monoisotopic (exact) mass is 381 g/mol. The van der Waals surface area contributed by atoms with Crippen molar-refractivity contribution in [3.63, 3.8) is 0 Å². The molecule has 0 spiro atoms. The Morgan fingerprint density at radius 1 is 1.32 bits per heavy atom. The van der Waals surface area contributed by atoms with E-state index in [4.69, 9.17) is 4.74 Å². The Labute approximate surface area is 144 Å². The number of halogens is 1. The summed E-state index contributed by atoms with van der Waals surface area (Å²) >= 11 is 4.86. The number of ether oxygens (including phenoxy) is 1.